The summed E-state index contributed by atoms with van der Waals surface area (Å²) in [5.41, 5.74) is 0.880. The van der Waals surface area contributed by atoms with Gasteiger partial charge in [0.1, 0.15) is 5.75 Å². The standard InChI is InChI=1S/C19H26N2O4/c1-22-11-12-23-14-24-17-8-4-7-16(13-17)19-20-18(25-21-19)10-9-15-5-2-3-6-15/h4,7-8,13,15H,2-3,5-6,9-12,14H2,1H3. The maximum absolute atomic E-state index is 5.57. The van der Waals surface area contributed by atoms with Gasteiger partial charge in [-0.05, 0) is 24.5 Å². The summed E-state index contributed by atoms with van der Waals surface area (Å²) in [5, 5.41) is 4.10. The molecule has 1 fully saturated rings. The minimum absolute atomic E-state index is 0.186. The van der Waals surface area contributed by atoms with Crippen LogP contribution in [0.25, 0.3) is 11.4 Å². The van der Waals surface area contributed by atoms with Crippen molar-refractivity contribution < 1.29 is 18.7 Å². The van der Waals surface area contributed by atoms with Crippen LogP contribution in [0, 0.1) is 5.92 Å². The number of aryl methyl sites for hydroxylation is 1. The maximum atomic E-state index is 5.57. The Balaban J connectivity index is 1.51. The fourth-order valence-electron chi connectivity index (χ4n) is 3.14. The van der Waals surface area contributed by atoms with Gasteiger partial charge in [0.15, 0.2) is 6.79 Å². The molecule has 1 aromatic heterocycles. The van der Waals surface area contributed by atoms with E-state index in [9.17, 15) is 0 Å². The van der Waals surface area contributed by atoms with E-state index in [1.807, 2.05) is 24.3 Å². The Morgan fingerprint density at radius 1 is 1.20 bits per heavy atom. The molecular formula is C19H26N2O4. The van der Waals surface area contributed by atoms with E-state index >= 15 is 0 Å². The Labute approximate surface area is 148 Å². The van der Waals surface area contributed by atoms with Crippen molar-refractivity contribution in [3.63, 3.8) is 0 Å². The zero-order chi connectivity index (χ0) is 17.3. The summed E-state index contributed by atoms with van der Waals surface area (Å²) in [4.78, 5) is 4.52. The van der Waals surface area contributed by atoms with Gasteiger partial charge in [-0.1, -0.05) is 43.0 Å². The van der Waals surface area contributed by atoms with Crippen LogP contribution in [0.15, 0.2) is 28.8 Å². The van der Waals surface area contributed by atoms with Crippen LogP contribution in [-0.2, 0) is 15.9 Å². The SMILES string of the molecule is COCCOCOc1cccc(-c2noc(CCC3CCCC3)n2)c1. The first-order chi connectivity index (χ1) is 12.3. The average molecular weight is 346 g/mol. The van der Waals surface area contributed by atoms with Crippen LogP contribution in [0.2, 0.25) is 0 Å². The van der Waals surface area contributed by atoms with Crippen LogP contribution in [0.1, 0.15) is 38.0 Å². The Bertz CT molecular complexity index is 638. The second-order valence-electron chi connectivity index (χ2n) is 6.39. The fraction of sp³-hybridized carbons (Fsp3) is 0.579. The van der Waals surface area contributed by atoms with Crippen molar-refractivity contribution in [1.82, 2.24) is 10.1 Å². The lowest BCUT2D eigenvalue weighted by molar-refractivity contribution is -0.00845. The minimum Gasteiger partial charge on any atom is -0.468 e. The molecule has 2 aromatic rings. The van der Waals surface area contributed by atoms with Crippen molar-refractivity contribution in [2.45, 2.75) is 38.5 Å². The van der Waals surface area contributed by atoms with Crippen molar-refractivity contribution in [3.8, 4) is 17.1 Å². The van der Waals surface area contributed by atoms with E-state index in [4.69, 9.17) is 18.7 Å². The lowest BCUT2D eigenvalue weighted by atomic mass is 10.0. The molecule has 0 bridgehead atoms. The van der Waals surface area contributed by atoms with E-state index in [0.29, 0.717) is 24.8 Å². The maximum Gasteiger partial charge on any atom is 0.226 e. The number of ether oxygens (including phenoxy) is 3. The van der Waals surface area contributed by atoms with Crippen molar-refractivity contribution in [1.29, 1.82) is 0 Å². The highest BCUT2D eigenvalue weighted by atomic mass is 16.7. The molecular weight excluding hydrogens is 320 g/mol. The predicted octanol–water partition coefficient (Wildman–Crippen LogP) is 3.86. The molecule has 0 spiro atoms. The second kappa shape index (κ2) is 9.53. The van der Waals surface area contributed by atoms with Gasteiger partial charge in [0.05, 0.1) is 13.2 Å². The third-order valence-electron chi connectivity index (χ3n) is 4.54. The molecule has 1 heterocycles. The third kappa shape index (κ3) is 5.54. The average Bonchev–Trinajstić information content (AvgIpc) is 3.32. The summed E-state index contributed by atoms with van der Waals surface area (Å²) in [6.07, 6.45) is 7.41. The monoisotopic (exact) mass is 346 g/mol. The van der Waals surface area contributed by atoms with Crippen molar-refractivity contribution in [3.05, 3.63) is 30.2 Å². The molecule has 0 saturated heterocycles. The van der Waals surface area contributed by atoms with Crippen LogP contribution in [-0.4, -0.2) is 37.3 Å². The van der Waals surface area contributed by atoms with Gasteiger partial charge in [0.2, 0.25) is 11.7 Å². The largest absolute Gasteiger partial charge is 0.468 e. The minimum atomic E-state index is 0.186. The molecule has 0 N–H and O–H groups in total. The lowest BCUT2D eigenvalue weighted by Gasteiger charge is -2.07. The quantitative estimate of drug-likeness (QED) is 0.481. The summed E-state index contributed by atoms with van der Waals surface area (Å²) in [6, 6.07) is 7.63. The van der Waals surface area contributed by atoms with Crippen LogP contribution >= 0.6 is 0 Å². The second-order valence-corrected chi connectivity index (χ2v) is 6.39. The van der Waals surface area contributed by atoms with Gasteiger partial charge in [0, 0.05) is 19.1 Å². The summed E-state index contributed by atoms with van der Waals surface area (Å²) in [7, 11) is 1.64. The summed E-state index contributed by atoms with van der Waals surface area (Å²) in [5.74, 6) is 2.86. The van der Waals surface area contributed by atoms with E-state index in [2.05, 4.69) is 10.1 Å². The van der Waals surface area contributed by atoms with Crippen molar-refractivity contribution in [2.75, 3.05) is 27.1 Å². The summed E-state index contributed by atoms with van der Waals surface area (Å²) >= 11 is 0. The van der Waals surface area contributed by atoms with Gasteiger partial charge in [0.25, 0.3) is 0 Å². The highest BCUT2D eigenvalue weighted by molar-refractivity contribution is 5.56. The van der Waals surface area contributed by atoms with E-state index in [0.717, 1.165) is 30.2 Å². The first-order valence-electron chi connectivity index (χ1n) is 8.97. The molecule has 1 aromatic carbocycles. The molecule has 6 nitrogen and oxygen atoms in total. The number of methoxy groups -OCH3 is 1. The lowest BCUT2D eigenvalue weighted by Crippen LogP contribution is -2.07. The summed E-state index contributed by atoms with van der Waals surface area (Å²) in [6.45, 7) is 1.24. The number of nitrogens with zero attached hydrogens (tertiary/aromatic N) is 2. The van der Waals surface area contributed by atoms with Crippen LogP contribution in [0.3, 0.4) is 0 Å². The van der Waals surface area contributed by atoms with Gasteiger partial charge < -0.3 is 18.7 Å². The Morgan fingerprint density at radius 2 is 2.08 bits per heavy atom. The third-order valence-corrected chi connectivity index (χ3v) is 4.54. The number of hydrogen-bond acceptors (Lipinski definition) is 6. The van der Waals surface area contributed by atoms with Crippen molar-refractivity contribution >= 4 is 0 Å². The van der Waals surface area contributed by atoms with E-state index in [1.54, 1.807) is 7.11 Å². The van der Waals surface area contributed by atoms with Crippen molar-refractivity contribution in [2.24, 2.45) is 5.92 Å². The molecule has 1 saturated carbocycles. The van der Waals surface area contributed by atoms with E-state index in [1.165, 1.54) is 25.7 Å². The van der Waals surface area contributed by atoms with Gasteiger partial charge in [-0.15, -0.1) is 0 Å². The summed E-state index contributed by atoms with van der Waals surface area (Å²) < 4.78 is 21.2. The first kappa shape index (κ1) is 17.9. The molecule has 6 heteroatoms. The normalized spacial score (nSPS) is 14.9. The highest BCUT2D eigenvalue weighted by Gasteiger charge is 2.17. The molecule has 1 aliphatic carbocycles. The zero-order valence-corrected chi connectivity index (χ0v) is 14.8. The molecule has 0 unspecified atom stereocenters. The zero-order valence-electron chi connectivity index (χ0n) is 14.8. The molecule has 136 valence electrons. The molecule has 3 rings (SSSR count). The van der Waals surface area contributed by atoms with Crippen LogP contribution in [0.5, 0.6) is 5.75 Å². The number of aromatic nitrogens is 2. The van der Waals surface area contributed by atoms with Crippen LogP contribution < -0.4 is 4.74 Å². The molecule has 0 atom stereocenters. The Hall–Kier alpha value is -1.92. The fourth-order valence-corrected chi connectivity index (χ4v) is 3.14. The Morgan fingerprint density at radius 3 is 2.92 bits per heavy atom. The van der Waals surface area contributed by atoms with Crippen LogP contribution in [0.4, 0.5) is 0 Å². The Kier molecular flexibility index (Phi) is 6.82. The topological polar surface area (TPSA) is 66.6 Å². The van der Waals surface area contributed by atoms with Gasteiger partial charge in [-0.2, -0.15) is 4.98 Å². The molecule has 0 amide bonds. The number of hydrogen-bond donors (Lipinski definition) is 0. The van der Waals surface area contributed by atoms with Gasteiger partial charge in [-0.3, -0.25) is 0 Å². The van der Waals surface area contributed by atoms with E-state index < -0.39 is 0 Å². The van der Waals surface area contributed by atoms with E-state index in [-0.39, 0.29) is 6.79 Å². The predicted molar refractivity (Wildman–Crippen MR) is 93.3 cm³/mol. The molecule has 0 aliphatic heterocycles. The molecule has 1 aliphatic rings. The molecule has 25 heavy (non-hydrogen) atoms. The number of benzene rings is 1. The number of rotatable bonds is 10. The van der Waals surface area contributed by atoms with Gasteiger partial charge >= 0.3 is 0 Å². The molecule has 0 radical (unpaired) electrons. The highest BCUT2D eigenvalue weighted by Crippen LogP contribution is 2.29. The first-order valence-corrected chi connectivity index (χ1v) is 8.97. The smallest absolute Gasteiger partial charge is 0.226 e. The van der Waals surface area contributed by atoms with Gasteiger partial charge in [-0.25, -0.2) is 0 Å².